The van der Waals surface area contributed by atoms with Crippen LogP contribution in [-0.2, 0) is 27.7 Å². The number of aryl methyl sites for hydroxylation is 2. The molecule has 154 valence electrons. The molecule has 29 heavy (non-hydrogen) atoms. The summed E-state index contributed by atoms with van der Waals surface area (Å²) in [4.78, 5) is 23.4. The molecule has 2 aromatic carbocycles. The van der Waals surface area contributed by atoms with Gasteiger partial charge in [-0.2, -0.15) is 0 Å². The molecule has 0 heterocycles. The van der Waals surface area contributed by atoms with E-state index in [9.17, 15) is 18.0 Å². The minimum atomic E-state index is -3.62. The number of carbonyl (C=O) groups excluding carboxylic acids is 2. The van der Waals surface area contributed by atoms with E-state index in [1.54, 1.807) is 36.4 Å². The van der Waals surface area contributed by atoms with Gasteiger partial charge < -0.3 is 10.6 Å². The van der Waals surface area contributed by atoms with Gasteiger partial charge in [0.1, 0.15) is 0 Å². The van der Waals surface area contributed by atoms with Crippen LogP contribution in [0, 0.1) is 0 Å². The summed E-state index contributed by atoms with van der Waals surface area (Å²) < 4.78 is 27.5. The predicted octanol–water partition coefficient (Wildman–Crippen LogP) is 2.23. The number of nitrogens with one attached hydrogen (secondary N) is 3. The summed E-state index contributed by atoms with van der Waals surface area (Å²) in [5.74, 6) is -0.499. The van der Waals surface area contributed by atoms with Crippen molar-refractivity contribution in [1.82, 2.24) is 10.0 Å². The highest BCUT2D eigenvalue weighted by Gasteiger charge is 2.17. The quantitative estimate of drug-likeness (QED) is 0.603. The van der Waals surface area contributed by atoms with Crippen LogP contribution in [0.25, 0.3) is 0 Å². The highest BCUT2D eigenvalue weighted by molar-refractivity contribution is 7.89. The lowest BCUT2D eigenvalue weighted by molar-refractivity contribution is -0.114. The van der Waals surface area contributed by atoms with E-state index >= 15 is 0 Å². The van der Waals surface area contributed by atoms with E-state index < -0.39 is 10.0 Å². The monoisotopic (exact) mass is 415 g/mol. The van der Waals surface area contributed by atoms with E-state index in [0.717, 1.165) is 31.2 Å². The van der Waals surface area contributed by atoms with E-state index in [4.69, 9.17) is 0 Å². The lowest BCUT2D eigenvalue weighted by atomic mass is 9.92. The second-order valence-corrected chi connectivity index (χ2v) is 8.82. The molecule has 0 fully saturated rings. The Kier molecular flexibility index (Phi) is 6.66. The zero-order valence-corrected chi connectivity index (χ0v) is 17.1. The number of rotatable bonds is 7. The largest absolute Gasteiger partial charge is 0.351 e. The summed E-state index contributed by atoms with van der Waals surface area (Å²) in [6.45, 7) is 1.66. The van der Waals surface area contributed by atoms with Gasteiger partial charge in [0.15, 0.2) is 0 Å². The van der Waals surface area contributed by atoms with Crippen molar-refractivity contribution in [2.75, 3.05) is 18.4 Å². The SMILES string of the molecule is CC(=O)Nc1ccc(C(=O)NCCNS(=O)(=O)c2ccc3c(c2)CCCC3)cc1. The third kappa shape index (κ3) is 5.65. The summed E-state index contributed by atoms with van der Waals surface area (Å²) in [6, 6.07) is 11.8. The van der Waals surface area contributed by atoms with Crippen LogP contribution < -0.4 is 15.4 Å². The third-order valence-electron chi connectivity index (χ3n) is 4.80. The molecule has 8 heteroatoms. The van der Waals surface area contributed by atoms with Crippen molar-refractivity contribution in [2.24, 2.45) is 0 Å². The number of fused-ring (bicyclic) bond motifs is 1. The summed E-state index contributed by atoms with van der Waals surface area (Å²) >= 11 is 0. The smallest absolute Gasteiger partial charge is 0.251 e. The summed E-state index contributed by atoms with van der Waals surface area (Å²) in [5, 5.41) is 5.31. The molecule has 3 N–H and O–H groups in total. The van der Waals surface area contributed by atoms with Crippen molar-refractivity contribution < 1.29 is 18.0 Å². The van der Waals surface area contributed by atoms with E-state index in [0.29, 0.717) is 11.3 Å². The van der Waals surface area contributed by atoms with Gasteiger partial charge >= 0.3 is 0 Å². The maximum atomic E-state index is 12.5. The van der Waals surface area contributed by atoms with Gasteiger partial charge in [0.05, 0.1) is 4.90 Å². The van der Waals surface area contributed by atoms with Crippen LogP contribution >= 0.6 is 0 Å². The van der Waals surface area contributed by atoms with Gasteiger partial charge in [-0.15, -0.1) is 0 Å². The van der Waals surface area contributed by atoms with Crippen LogP contribution in [0.2, 0.25) is 0 Å². The van der Waals surface area contributed by atoms with Crippen LogP contribution in [-0.4, -0.2) is 33.3 Å². The molecule has 3 rings (SSSR count). The van der Waals surface area contributed by atoms with E-state index in [-0.39, 0.29) is 29.8 Å². The minimum Gasteiger partial charge on any atom is -0.351 e. The number of sulfonamides is 1. The number of hydrogen-bond donors (Lipinski definition) is 3. The number of benzene rings is 2. The zero-order chi connectivity index (χ0) is 20.9. The Bertz CT molecular complexity index is 1000. The van der Waals surface area contributed by atoms with Gasteiger partial charge in [0.2, 0.25) is 15.9 Å². The fourth-order valence-corrected chi connectivity index (χ4v) is 4.41. The topological polar surface area (TPSA) is 104 Å². The normalized spacial score (nSPS) is 13.4. The van der Waals surface area contributed by atoms with Crippen molar-refractivity contribution in [2.45, 2.75) is 37.5 Å². The zero-order valence-electron chi connectivity index (χ0n) is 16.3. The molecule has 0 unspecified atom stereocenters. The van der Waals surface area contributed by atoms with Gasteiger partial charge in [-0.3, -0.25) is 9.59 Å². The van der Waals surface area contributed by atoms with Crippen LogP contribution in [0.5, 0.6) is 0 Å². The maximum Gasteiger partial charge on any atom is 0.251 e. The second kappa shape index (κ2) is 9.19. The standard InChI is InChI=1S/C21H25N3O4S/c1-15(25)24-19-9-6-17(7-10-19)21(26)22-12-13-23-29(27,28)20-11-8-16-4-2-3-5-18(16)14-20/h6-11,14,23H,2-5,12-13H2,1H3,(H,22,26)(H,24,25). The molecule has 1 aliphatic carbocycles. The van der Waals surface area contributed by atoms with Crippen LogP contribution in [0.3, 0.4) is 0 Å². The molecule has 2 aromatic rings. The van der Waals surface area contributed by atoms with Crippen molar-refractivity contribution in [3.8, 4) is 0 Å². The van der Waals surface area contributed by atoms with Crippen LogP contribution in [0.15, 0.2) is 47.4 Å². The maximum absolute atomic E-state index is 12.5. The molecule has 0 saturated heterocycles. The number of hydrogen-bond acceptors (Lipinski definition) is 4. The number of carbonyl (C=O) groups is 2. The molecule has 0 spiro atoms. The number of anilines is 1. The lowest BCUT2D eigenvalue weighted by Gasteiger charge is -2.16. The Morgan fingerprint density at radius 3 is 2.31 bits per heavy atom. The minimum absolute atomic E-state index is 0.0924. The Labute approximate surface area is 171 Å². The molecule has 2 amide bonds. The van der Waals surface area contributed by atoms with Gasteiger partial charge in [0.25, 0.3) is 5.91 Å². The first-order valence-electron chi connectivity index (χ1n) is 9.62. The van der Waals surface area contributed by atoms with Crippen LogP contribution in [0.1, 0.15) is 41.3 Å². The van der Waals surface area contributed by atoms with E-state index in [1.807, 2.05) is 6.07 Å². The van der Waals surface area contributed by atoms with Crippen molar-refractivity contribution >= 4 is 27.5 Å². The predicted molar refractivity (Wildman–Crippen MR) is 111 cm³/mol. The molecule has 0 aromatic heterocycles. The number of amides is 2. The first kappa shape index (κ1) is 21.0. The fourth-order valence-electron chi connectivity index (χ4n) is 3.33. The van der Waals surface area contributed by atoms with Gasteiger partial charge in [-0.1, -0.05) is 6.07 Å². The first-order valence-corrected chi connectivity index (χ1v) is 11.1. The molecule has 0 saturated carbocycles. The molecule has 0 radical (unpaired) electrons. The third-order valence-corrected chi connectivity index (χ3v) is 6.26. The van der Waals surface area contributed by atoms with Gasteiger partial charge in [-0.05, 0) is 73.2 Å². The Balaban J connectivity index is 1.50. The van der Waals surface area contributed by atoms with Crippen LogP contribution in [0.4, 0.5) is 5.69 Å². The highest BCUT2D eigenvalue weighted by atomic mass is 32.2. The molecular formula is C21H25N3O4S. The van der Waals surface area contributed by atoms with E-state index in [1.165, 1.54) is 12.5 Å². The molecule has 0 aliphatic heterocycles. The van der Waals surface area contributed by atoms with Gasteiger partial charge in [-0.25, -0.2) is 13.1 Å². The van der Waals surface area contributed by atoms with Crippen molar-refractivity contribution in [3.63, 3.8) is 0 Å². The molecular weight excluding hydrogens is 390 g/mol. The second-order valence-electron chi connectivity index (χ2n) is 7.05. The Morgan fingerprint density at radius 2 is 1.62 bits per heavy atom. The average molecular weight is 416 g/mol. The average Bonchev–Trinajstić information content (AvgIpc) is 2.71. The molecule has 1 aliphatic rings. The molecule has 7 nitrogen and oxygen atoms in total. The summed E-state index contributed by atoms with van der Waals surface area (Å²) in [7, 11) is -3.62. The summed E-state index contributed by atoms with van der Waals surface area (Å²) in [6.07, 6.45) is 4.14. The lowest BCUT2D eigenvalue weighted by Crippen LogP contribution is -2.34. The molecule has 0 atom stereocenters. The Hall–Kier alpha value is -2.71. The van der Waals surface area contributed by atoms with Gasteiger partial charge in [0, 0.05) is 31.3 Å². The van der Waals surface area contributed by atoms with E-state index in [2.05, 4.69) is 15.4 Å². The van der Waals surface area contributed by atoms with Crippen molar-refractivity contribution in [3.05, 3.63) is 59.2 Å². The van der Waals surface area contributed by atoms with Crippen molar-refractivity contribution in [1.29, 1.82) is 0 Å². The highest BCUT2D eigenvalue weighted by Crippen LogP contribution is 2.23. The Morgan fingerprint density at radius 1 is 0.931 bits per heavy atom. The first-order chi connectivity index (χ1) is 13.8. The molecule has 0 bridgehead atoms. The summed E-state index contributed by atoms with van der Waals surface area (Å²) in [5.41, 5.74) is 3.37. The fraction of sp³-hybridized carbons (Fsp3) is 0.333.